The molecule has 18 heteroatoms. The van der Waals surface area contributed by atoms with Crippen LogP contribution in [0.15, 0.2) is 0 Å². The third-order valence-corrected chi connectivity index (χ3v) is 8.05. The Balaban J connectivity index is -0.0000000626. The summed E-state index contributed by atoms with van der Waals surface area (Å²) in [7, 11) is -4.78. The van der Waals surface area contributed by atoms with Crippen molar-refractivity contribution >= 4 is 31.7 Å². The number of hydrogen-bond donors (Lipinski definition) is 12. The van der Waals surface area contributed by atoms with E-state index in [2.05, 4.69) is 0 Å². The molecule has 0 rings (SSSR count). The van der Waals surface area contributed by atoms with E-state index in [-0.39, 0.29) is 111 Å². The quantitative estimate of drug-likeness (QED) is 0.0662. The van der Waals surface area contributed by atoms with Crippen molar-refractivity contribution in [2.45, 2.75) is 0 Å². The second-order valence-electron chi connectivity index (χ2n) is 4.90. The van der Waals surface area contributed by atoms with Crippen molar-refractivity contribution in [2.24, 2.45) is 0 Å². The zero-order chi connectivity index (χ0) is 22.8. The molecule has 0 aliphatic heterocycles. The van der Waals surface area contributed by atoms with Crippen LogP contribution >= 0.6 is 31.7 Å². The molecule has 0 bridgehead atoms. The molecule has 12 nitrogen and oxygen atoms in total. The monoisotopic (exact) mass is 732 g/mol. The van der Waals surface area contributed by atoms with Gasteiger partial charge in [0.15, 0.2) is 76.2 Å². The number of rotatable bonds is 12. The molecule has 0 fully saturated rings. The Hall–Kier alpha value is 2.27. The van der Waals surface area contributed by atoms with Gasteiger partial charge in [-0.1, -0.05) is 0 Å². The van der Waals surface area contributed by atoms with Crippen molar-refractivity contribution in [3.05, 3.63) is 0 Å². The molecule has 1 radical (unpaired) electrons. The minimum Gasteiger partial charge on any atom is -1.00 e. The van der Waals surface area contributed by atoms with Gasteiger partial charge in [-0.05, 0) is 0 Å². The van der Waals surface area contributed by atoms with Gasteiger partial charge in [-0.15, -0.1) is 0 Å². The summed E-state index contributed by atoms with van der Waals surface area (Å²) in [4.78, 5) is 0. The van der Waals surface area contributed by atoms with Crippen LogP contribution in [0.3, 0.4) is 0 Å². The van der Waals surface area contributed by atoms with Gasteiger partial charge >= 0.3 is 0 Å². The summed E-state index contributed by atoms with van der Waals surface area (Å²) in [5, 5.41) is 99.0. The topological polar surface area (TPSA) is 243 Å². The molecule has 30 heavy (non-hydrogen) atoms. The molecule has 0 atom stereocenters. The Morgan fingerprint density at radius 2 is 0.333 bits per heavy atom. The van der Waals surface area contributed by atoms with Crippen molar-refractivity contribution in [1.82, 2.24) is 0 Å². The molecule has 0 aliphatic carbocycles. The van der Waals surface area contributed by atoms with Gasteiger partial charge in [0.25, 0.3) is 0 Å². The maximum absolute atomic E-state index is 8.25. The predicted molar refractivity (Wildman–Crippen MR) is 118 cm³/mol. The zero-order valence-electron chi connectivity index (χ0n) is 16.5. The third-order valence-electron chi connectivity index (χ3n) is 2.68. The molecule has 0 saturated carbocycles. The van der Waals surface area contributed by atoms with Gasteiger partial charge in [0.05, 0.1) is 31.7 Å². The van der Waals surface area contributed by atoms with Crippen LogP contribution in [0, 0.1) is 0 Å². The van der Waals surface area contributed by atoms with E-state index in [0.717, 1.165) is 0 Å². The fourth-order valence-electron chi connectivity index (χ4n) is 0.600. The van der Waals surface area contributed by atoms with E-state index < -0.39 is 31.7 Å². The summed E-state index contributed by atoms with van der Waals surface area (Å²) in [5.41, 5.74) is 0. The van der Waals surface area contributed by atoms with Crippen LogP contribution in [-0.2, 0) is 22.4 Å². The SMILES string of the molecule is OC[PH+](CO)CO.OC[PH+](CO)CO.OC[PH+](CO)CO.OC[PH+](CO)CO.[Au].[Cl-]. The summed E-state index contributed by atoms with van der Waals surface area (Å²) in [5.74, 6) is 0. The average Bonchev–Trinajstić information content (AvgIpc) is 2.75. The zero-order valence-corrected chi connectivity index (χ0v) is 23.5. The minimum absolute atomic E-state index is 0. The van der Waals surface area contributed by atoms with Crippen LogP contribution < -0.4 is 12.4 Å². The summed E-state index contributed by atoms with van der Waals surface area (Å²) in [6.45, 7) is 0. The molecule has 0 unspecified atom stereocenters. The molecule has 0 aromatic heterocycles. The van der Waals surface area contributed by atoms with Crippen LogP contribution in [0.1, 0.15) is 0 Å². The number of hydrogen-bond acceptors (Lipinski definition) is 12. The average molecular weight is 733 g/mol. The van der Waals surface area contributed by atoms with Crippen molar-refractivity contribution in [3.8, 4) is 0 Å². The fraction of sp³-hybridized carbons (Fsp3) is 1.00. The number of halogens is 1. The normalized spacial score (nSPS) is 9.60. The predicted octanol–water partition coefficient (Wildman–Crippen LogP) is -6.80. The van der Waals surface area contributed by atoms with Gasteiger partial charge in [-0.25, -0.2) is 0 Å². The Morgan fingerprint density at radius 3 is 0.333 bits per heavy atom. The van der Waals surface area contributed by atoms with Gasteiger partial charge in [0.1, 0.15) is 0 Å². The van der Waals surface area contributed by atoms with Crippen molar-refractivity contribution < 1.29 is 96.1 Å². The van der Waals surface area contributed by atoms with Gasteiger partial charge in [-0.3, -0.25) is 0 Å². The third kappa shape index (κ3) is 37.6. The summed E-state index contributed by atoms with van der Waals surface area (Å²) in [6.07, 6.45) is -0.528. The molecular weight excluding hydrogens is 692 g/mol. The Bertz CT molecular complexity index is 187. The Labute approximate surface area is 203 Å². The molecule has 0 amide bonds. The molecule has 0 aromatic carbocycles. The first-order chi connectivity index (χ1) is 13.4. The first-order valence-electron chi connectivity index (χ1n) is 8.04. The first kappa shape index (κ1) is 45.7. The van der Waals surface area contributed by atoms with E-state index in [1.54, 1.807) is 0 Å². The first-order valence-corrected chi connectivity index (χ1v) is 16.5. The van der Waals surface area contributed by atoms with Gasteiger partial charge in [0.2, 0.25) is 0 Å². The Kier molecular flexibility index (Phi) is 63.3. The second kappa shape index (κ2) is 41.5. The molecular formula is C12H40AuClO12P4+3. The summed E-state index contributed by atoms with van der Waals surface area (Å²) >= 11 is 0. The molecule has 0 heterocycles. The molecule has 0 spiro atoms. The van der Waals surface area contributed by atoms with Crippen molar-refractivity contribution in [2.75, 3.05) is 76.2 Å². The molecule has 0 aliphatic rings. The maximum atomic E-state index is 8.25. The molecule has 0 aromatic rings. The van der Waals surface area contributed by atoms with Gasteiger partial charge in [-0.2, -0.15) is 0 Å². The summed E-state index contributed by atoms with van der Waals surface area (Å²) in [6, 6.07) is 0. The van der Waals surface area contributed by atoms with Crippen LogP contribution in [0.2, 0.25) is 0 Å². The van der Waals surface area contributed by atoms with E-state index in [1.807, 2.05) is 0 Å². The van der Waals surface area contributed by atoms with Gasteiger partial charge < -0.3 is 73.7 Å². The standard InChI is InChI=1S/4C3H9O3P.Au.ClH/c4*4-1-7(2-5)3-6;;/h4*4-6H,1-3H2;;1H/p+3. The van der Waals surface area contributed by atoms with Crippen LogP contribution in [-0.4, -0.2) is 137 Å². The van der Waals surface area contributed by atoms with Crippen LogP contribution in [0.25, 0.3) is 0 Å². The number of aliphatic hydroxyl groups is 12. The van der Waals surface area contributed by atoms with E-state index in [4.69, 9.17) is 61.3 Å². The minimum atomic E-state index is -1.20. The Morgan fingerprint density at radius 1 is 0.267 bits per heavy atom. The van der Waals surface area contributed by atoms with E-state index >= 15 is 0 Å². The maximum Gasteiger partial charge on any atom is 0.156 e. The largest absolute Gasteiger partial charge is 1.00 e. The fourth-order valence-corrected chi connectivity index (χ4v) is 1.80. The van der Waals surface area contributed by atoms with E-state index in [1.165, 1.54) is 0 Å². The smallest absolute Gasteiger partial charge is 0.156 e. The van der Waals surface area contributed by atoms with Gasteiger partial charge in [0, 0.05) is 22.4 Å². The van der Waals surface area contributed by atoms with Crippen LogP contribution in [0.5, 0.6) is 0 Å². The number of aliphatic hydroxyl groups excluding tert-OH is 12. The second-order valence-corrected chi connectivity index (χ2v) is 14.7. The van der Waals surface area contributed by atoms with Crippen molar-refractivity contribution in [3.63, 3.8) is 0 Å². The summed E-state index contributed by atoms with van der Waals surface area (Å²) < 4.78 is 0. The molecule has 0 saturated heterocycles. The molecule has 195 valence electrons. The van der Waals surface area contributed by atoms with E-state index in [9.17, 15) is 0 Å². The molecule has 12 N–H and O–H groups in total. The van der Waals surface area contributed by atoms with Crippen molar-refractivity contribution in [1.29, 1.82) is 0 Å². The van der Waals surface area contributed by atoms with E-state index in [0.29, 0.717) is 0 Å². The van der Waals surface area contributed by atoms with Crippen LogP contribution in [0.4, 0.5) is 0 Å².